The van der Waals surface area contributed by atoms with E-state index in [2.05, 4.69) is 4.98 Å². The summed E-state index contributed by atoms with van der Waals surface area (Å²) in [6.45, 7) is 4.80. The van der Waals surface area contributed by atoms with Crippen LogP contribution in [-0.2, 0) is 4.79 Å². The quantitative estimate of drug-likeness (QED) is 0.828. The van der Waals surface area contributed by atoms with E-state index in [-0.39, 0.29) is 5.56 Å². The van der Waals surface area contributed by atoms with Crippen LogP contribution in [0, 0.1) is 0 Å². The van der Waals surface area contributed by atoms with Crippen molar-refractivity contribution < 1.29 is 14.7 Å². The van der Waals surface area contributed by atoms with E-state index in [1.165, 1.54) is 17.2 Å². The van der Waals surface area contributed by atoms with Gasteiger partial charge in [0.15, 0.2) is 0 Å². The number of carboxylic acid groups (broad SMARTS) is 1. The highest BCUT2D eigenvalue weighted by atomic mass is 16.4. The molecule has 98 valence electrons. The van der Waals surface area contributed by atoms with Gasteiger partial charge in [0, 0.05) is 23.4 Å². The zero-order chi connectivity index (χ0) is 13.9. The molecule has 0 aliphatic rings. The fraction of sp³-hybridized carbons (Fsp3) is 0.417. The third-order valence-electron chi connectivity index (χ3n) is 2.37. The van der Waals surface area contributed by atoms with E-state index in [1.54, 1.807) is 20.8 Å². The first-order valence-corrected chi connectivity index (χ1v) is 5.44. The second-order valence-electron chi connectivity index (χ2n) is 4.90. The number of aromatic amines is 1. The van der Waals surface area contributed by atoms with Crippen molar-refractivity contribution in [3.63, 3.8) is 0 Å². The average Bonchev–Trinajstić information content (AvgIpc) is 2.23. The number of rotatable bonds is 3. The van der Waals surface area contributed by atoms with Crippen LogP contribution in [0.1, 0.15) is 31.1 Å². The lowest BCUT2D eigenvalue weighted by atomic mass is 10.0. The van der Waals surface area contributed by atoms with Crippen LogP contribution in [0.2, 0.25) is 0 Å². The Morgan fingerprint density at radius 1 is 1.39 bits per heavy atom. The Hall–Kier alpha value is -2.11. The van der Waals surface area contributed by atoms with Crippen LogP contribution >= 0.6 is 0 Å². The summed E-state index contributed by atoms with van der Waals surface area (Å²) in [6.07, 6.45) is 1.36. The van der Waals surface area contributed by atoms with Gasteiger partial charge in [-0.3, -0.25) is 14.4 Å². The number of H-pyrrole nitrogens is 1. The summed E-state index contributed by atoms with van der Waals surface area (Å²) < 4.78 is 0. The first-order valence-electron chi connectivity index (χ1n) is 5.44. The van der Waals surface area contributed by atoms with Gasteiger partial charge in [-0.15, -0.1) is 0 Å². The second-order valence-corrected chi connectivity index (χ2v) is 4.90. The van der Waals surface area contributed by atoms with E-state index in [0.717, 1.165) is 6.07 Å². The predicted molar refractivity (Wildman–Crippen MR) is 65.5 cm³/mol. The molecule has 18 heavy (non-hydrogen) atoms. The highest BCUT2D eigenvalue weighted by molar-refractivity contribution is 5.96. The zero-order valence-corrected chi connectivity index (χ0v) is 10.6. The normalized spacial score (nSPS) is 11.1. The van der Waals surface area contributed by atoms with Crippen LogP contribution in [-0.4, -0.2) is 39.0 Å². The maximum absolute atomic E-state index is 12.2. The number of carbonyl (C=O) groups excluding carboxylic acids is 1. The Morgan fingerprint density at radius 2 is 2.00 bits per heavy atom. The van der Waals surface area contributed by atoms with E-state index < -0.39 is 29.5 Å². The summed E-state index contributed by atoms with van der Waals surface area (Å²) in [7, 11) is 0. The maximum atomic E-state index is 12.2. The number of aliphatic carboxylic acids is 1. The minimum Gasteiger partial charge on any atom is -0.480 e. The molecule has 0 fully saturated rings. The molecule has 1 amide bonds. The number of carboxylic acids is 1. The molecule has 0 radical (unpaired) electrons. The molecule has 0 saturated heterocycles. The molecule has 2 N–H and O–H groups in total. The van der Waals surface area contributed by atoms with Crippen molar-refractivity contribution in [1.29, 1.82) is 0 Å². The minimum absolute atomic E-state index is 0.176. The van der Waals surface area contributed by atoms with Gasteiger partial charge in [0.2, 0.25) is 5.56 Å². The fourth-order valence-electron chi connectivity index (χ4n) is 1.48. The summed E-state index contributed by atoms with van der Waals surface area (Å²) in [6, 6.07) is 2.60. The van der Waals surface area contributed by atoms with Crippen molar-refractivity contribution in [1.82, 2.24) is 9.88 Å². The average molecular weight is 252 g/mol. The molecule has 0 atom stereocenters. The minimum atomic E-state index is -1.09. The SMILES string of the molecule is CC(C)(C)N(CC(=O)O)C(=O)c1cc[nH]c(=O)c1. The molecule has 0 spiro atoms. The number of nitrogens with zero attached hydrogens (tertiary/aromatic N) is 1. The lowest BCUT2D eigenvalue weighted by Gasteiger charge is -2.34. The van der Waals surface area contributed by atoms with Crippen LogP contribution in [0.25, 0.3) is 0 Å². The van der Waals surface area contributed by atoms with Gasteiger partial charge in [-0.2, -0.15) is 0 Å². The van der Waals surface area contributed by atoms with Gasteiger partial charge in [-0.25, -0.2) is 0 Å². The Kier molecular flexibility index (Phi) is 3.90. The van der Waals surface area contributed by atoms with Gasteiger partial charge in [0.05, 0.1) is 0 Å². The number of nitrogens with one attached hydrogen (secondary N) is 1. The van der Waals surface area contributed by atoms with Gasteiger partial charge in [0.25, 0.3) is 5.91 Å². The number of hydrogen-bond donors (Lipinski definition) is 2. The first kappa shape index (κ1) is 14.0. The topological polar surface area (TPSA) is 90.5 Å². The molecule has 0 bridgehead atoms. The molecule has 1 aromatic rings. The van der Waals surface area contributed by atoms with Crippen molar-refractivity contribution in [2.45, 2.75) is 26.3 Å². The Morgan fingerprint density at radius 3 is 2.44 bits per heavy atom. The molecule has 0 saturated carbocycles. The zero-order valence-electron chi connectivity index (χ0n) is 10.6. The highest BCUT2D eigenvalue weighted by Gasteiger charge is 2.29. The number of amides is 1. The van der Waals surface area contributed by atoms with Gasteiger partial charge in [-0.05, 0) is 26.8 Å². The molecular weight excluding hydrogens is 236 g/mol. The first-order chi connectivity index (χ1) is 8.21. The van der Waals surface area contributed by atoms with Gasteiger partial charge in [0.1, 0.15) is 6.54 Å². The molecule has 1 aromatic heterocycles. The summed E-state index contributed by atoms with van der Waals surface area (Å²) >= 11 is 0. The molecule has 0 aliphatic heterocycles. The molecule has 1 heterocycles. The lowest BCUT2D eigenvalue weighted by molar-refractivity contribution is -0.138. The van der Waals surface area contributed by atoms with Gasteiger partial charge in [-0.1, -0.05) is 0 Å². The monoisotopic (exact) mass is 252 g/mol. The number of pyridine rings is 1. The largest absolute Gasteiger partial charge is 0.480 e. The van der Waals surface area contributed by atoms with Crippen molar-refractivity contribution in [2.75, 3.05) is 6.54 Å². The number of carbonyl (C=O) groups is 2. The predicted octanol–water partition coefficient (Wildman–Crippen LogP) is 0.700. The van der Waals surface area contributed by atoms with E-state index in [0.29, 0.717) is 0 Å². The Bertz CT molecular complexity index is 513. The van der Waals surface area contributed by atoms with Crippen LogP contribution < -0.4 is 5.56 Å². The van der Waals surface area contributed by atoms with E-state index >= 15 is 0 Å². The summed E-state index contributed by atoms with van der Waals surface area (Å²) in [4.78, 5) is 37.7. The van der Waals surface area contributed by atoms with Crippen LogP contribution in [0.5, 0.6) is 0 Å². The van der Waals surface area contributed by atoms with E-state index in [1.807, 2.05) is 0 Å². The molecule has 1 rings (SSSR count). The number of aromatic nitrogens is 1. The maximum Gasteiger partial charge on any atom is 0.323 e. The third kappa shape index (κ3) is 3.44. The molecule has 0 aromatic carbocycles. The van der Waals surface area contributed by atoms with Gasteiger partial charge < -0.3 is 15.0 Å². The van der Waals surface area contributed by atoms with Crippen molar-refractivity contribution in [3.8, 4) is 0 Å². The molecule has 6 nitrogen and oxygen atoms in total. The molecule has 6 heteroatoms. The van der Waals surface area contributed by atoms with Crippen molar-refractivity contribution in [2.24, 2.45) is 0 Å². The summed E-state index contributed by atoms with van der Waals surface area (Å²) in [5.41, 5.74) is -0.863. The van der Waals surface area contributed by atoms with Crippen molar-refractivity contribution in [3.05, 3.63) is 34.2 Å². The number of hydrogen-bond acceptors (Lipinski definition) is 3. The van der Waals surface area contributed by atoms with Crippen LogP contribution in [0.3, 0.4) is 0 Å². The molecule has 0 aliphatic carbocycles. The molecule has 0 unspecified atom stereocenters. The standard InChI is InChI=1S/C12H16N2O4/c1-12(2,3)14(7-10(16)17)11(18)8-4-5-13-9(15)6-8/h4-6H,7H2,1-3H3,(H,13,15)(H,16,17). The fourth-order valence-corrected chi connectivity index (χ4v) is 1.48. The Balaban J connectivity index is 3.10. The molecular formula is C12H16N2O4. The third-order valence-corrected chi connectivity index (χ3v) is 2.37. The Labute approximate surface area is 104 Å². The van der Waals surface area contributed by atoms with Crippen LogP contribution in [0.15, 0.2) is 23.1 Å². The van der Waals surface area contributed by atoms with Crippen LogP contribution in [0.4, 0.5) is 0 Å². The summed E-state index contributed by atoms with van der Waals surface area (Å²) in [5.74, 6) is -1.57. The van der Waals surface area contributed by atoms with E-state index in [4.69, 9.17) is 5.11 Å². The lowest BCUT2D eigenvalue weighted by Crippen LogP contribution is -2.48. The van der Waals surface area contributed by atoms with E-state index in [9.17, 15) is 14.4 Å². The highest BCUT2D eigenvalue weighted by Crippen LogP contribution is 2.16. The van der Waals surface area contributed by atoms with Gasteiger partial charge >= 0.3 is 5.97 Å². The van der Waals surface area contributed by atoms with Crippen molar-refractivity contribution >= 4 is 11.9 Å². The smallest absolute Gasteiger partial charge is 0.323 e. The second kappa shape index (κ2) is 5.03. The summed E-state index contributed by atoms with van der Waals surface area (Å²) in [5, 5.41) is 8.84.